The van der Waals surface area contributed by atoms with Crippen molar-refractivity contribution in [3.63, 3.8) is 0 Å². The molecular formula is C29H31N5O. The van der Waals surface area contributed by atoms with Gasteiger partial charge in [0.05, 0.1) is 0 Å². The molecule has 2 aliphatic rings. The van der Waals surface area contributed by atoms with Crippen molar-refractivity contribution in [2.24, 2.45) is 0 Å². The Balaban J connectivity index is 2.35. The van der Waals surface area contributed by atoms with E-state index >= 15 is 0 Å². The van der Waals surface area contributed by atoms with E-state index in [4.69, 9.17) is 0 Å². The number of hydrogen-bond donors (Lipinski definition) is 0. The number of rotatable bonds is 7. The third-order valence-electron chi connectivity index (χ3n) is 5.73. The number of nitrogens with zero attached hydrogens (tertiary/aromatic N) is 5. The molecule has 1 aliphatic heterocycles. The van der Waals surface area contributed by atoms with Gasteiger partial charge in [0.1, 0.15) is 17.7 Å². The fourth-order valence-corrected chi connectivity index (χ4v) is 4.06. The second-order valence-corrected chi connectivity index (χ2v) is 8.88. The quantitative estimate of drug-likeness (QED) is 0.416. The number of Topliss-reactive ketones (excluding diaryl/α,β-unsaturated/α-hetero) is 1. The van der Waals surface area contributed by atoms with Crippen LogP contribution < -0.4 is 0 Å². The third-order valence-corrected chi connectivity index (χ3v) is 5.73. The van der Waals surface area contributed by atoms with Crippen molar-refractivity contribution in [2.75, 3.05) is 34.7 Å². The summed E-state index contributed by atoms with van der Waals surface area (Å²) in [6.07, 6.45) is 14.0. The van der Waals surface area contributed by atoms with Crippen molar-refractivity contribution in [3.05, 3.63) is 100 Å². The summed E-state index contributed by atoms with van der Waals surface area (Å²) in [5.41, 5.74) is 4.45. The molecule has 0 aromatic heterocycles. The summed E-state index contributed by atoms with van der Waals surface area (Å²) in [5, 5.41) is 19.4. The molecule has 1 aromatic rings. The van der Waals surface area contributed by atoms with Gasteiger partial charge >= 0.3 is 0 Å². The minimum Gasteiger partial charge on any atom is -0.383 e. The van der Waals surface area contributed by atoms with Crippen LogP contribution in [0.2, 0.25) is 0 Å². The Morgan fingerprint density at radius 3 is 1.97 bits per heavy atom. The van der Waals surface area contributed by atoms with E-state index in [1.807, 2.05) is 92.9 Å². The van der Waals surface area contributed by atoms with Crippen LogP contribution >= 0.6 is 0 Å². The first-order valence-electron chi connectivity index (χ1n) is 11.7. The molecule has 6 nitrogen and oxygen atoms in total. The summed E-state index contributed by atoms with van der Waals surface area (Å²) in [6.45, 7) is 2.98. The number of ketones is 1. The maximum Gasteiger partial charge on any atom is 0.194 e. The molecule has 0 unspecified atom stereocenters. The van der Waals surface area contributed by atoms with E-state index in [2.05, 4.69) is 11.8 Å². The molecule has 0 N–H and O–H groups in total. The van der Waals surface area contributed by atoms with Crippen molar-refractivity contribution in [2.45, 2.75) is 19.8 Å². The van der Waals surface area contributed by atoms with Crippen LogP contribution in [0.3, 0.4) is 0 Å². The molecule has 3 rings (SSSR count). The van der Waals surface area contributed by atoms with Gasteiger partial charge in [0.2, 0.25) is 0 Å². The van der Waals surface area contributed by atoms with Crippen molar-refractivity contribution < 1.29 is 4.79 Å². The predicted octanol–water partition coefficient (Wildman–Crippen LogP) is 5.01. The summed E-state index contributed by atoms with van der Waals surface area (Å²) in [6, 6.07) is 11.2. The van der Waals surface area contributed by atoms with E-state index in [1.165, 1.54) is 0 Å². The monoisotopic (exact) mass is 465 g/mol. The van der Waals surface area contributed by atoms with Crippen LogP contribution in [0.15, 0.2) is 89.1 Å². The summed E-state index contributed by atoms with van der Waals surface area (Å²) >= 11 is 0. The molecule has 1 aromatic carbocycles. The highest BCUT2D eigenvalue weighted by molar-refractivity contribution is 6.28. The fraction of sp³-hybridized carbons (Fsp3) is 0.276. The Hall–Kier alpha value is -4.29. The summed E-state index contributed by atoms with van der Waals surface area (Å²) in [5.74, 6) is -0.171. The van der Waals surface area contributed by atoms with Gasteiger partial charge in [-0.05, 0) is 41.9 Å². The van der Waals surface area contributed by atoms with Gasteiger partial charge in [-0.15, -0.1) is 0 Å². The number of hydrogen-bond acceptors (Lipinski definition) is 6. The lowest BCUT2D eigenvalue weighted by Crippen LogP contribution is -2.25. The zero-order valence-corrected chi connectivity index (χ0v) is 21.0. The molecule has 0 bridgehead atoms. The van der Waals surface area contributed by atoms with E-state index in [-0.39, 0.29) is 11.4 Å². The van der Waals surface area contributed by atoms with Crippen LogP contribution in [0.25, 0.3) is 5.57 Å². The number of fused-ring (bicyclic) bond motifs is 1. The van der Waals surface area contributed by atoms with Gasteiger partial charge in [0, 0.05) is 75.2 Å². The lowest BCUT2D eigenvalue weighted by molar-refractivity contribution is 0.104. The number of carbonyl (C=O) groups is 1. The molecule has 0 atom stereocenters. The standard InChI is InChI=1S/C29H31N5O/c1-6-7-14-34-23(12-15-32(2)3)17-21(18-24(34)13-16-33(4)5)28-27(22(19-30)20-31)25-10-8-9-11-26(25)29(28)35/h8-13,15-18H,6-7,14H2,1-5H3/b15-12+,16-13+. The second kappa shape index (κ2) is 11.2. The van der Waals surface area contributed by atoms with Gasteiger partial charge in [-0.1, -0.05) is 37.6 Å². The SMILES string of the molecule is CCCCN1C(/C=C/N(C)C)=CC(=C2C(=O)c3ccccc3C2=C(C#N)C#N)C=C1/C=C/N(C)C. The number of carbonyl (C=O) groups excluding carboxylic acids is 1. The van der Waals surface area contributed by atoms with Crippen molar-refractivity contribution in [3.8, 4) is 12.1 Å². The van der Waals surface area contributed by atoms with E-state index < -0.39 is 0 Å². The van der Waals surface area contributed by atoms with E-state index in [9.17, 15) is 15.3 Å². The third kappa shape index (κ3) is 5.45. The smallest absolute Gasteiger partial charge is 0.194 e. The minimum atomic E-state index is -0.171. The molecule has 0 saturated heterocycles. The zero-order valence-electron chi connectivity index (χ0n) is 21.0. The lowest BCUT2D eigenvalue weighted by atomic mass is 9.93. The normalized spacial score (nSPS) is 15.2. The van der Waals surface area contributed by atoms with Crippen molar-refractivity contribution in [1.82, 2.24) is 14.7 Å². The van der Waals surface area contributed by atoms with Gasteiger partial charge in [-0.2, -0.15) is 10.5 Å². The number of allylic oxidation sites excluding steroid dienone is 8. The summed E-state index contributed by atoms with van der Waals surface area (Å²) < 4.78 is 0. The molecule has 1 aliphatic carbocycles. The molecule has 0 spiro atoms. The maximum atomic E-state index is 13.6. The van der Waals surface area contributed by atoms with Gasteiger partial charge in [0.15, 0.2) is 5.78 Å². The lowest BCUT2D eigenvalue weighted by Gasteiger charge is -2.31. The van der Waals surface area contributed by atoms with Crippen molar-refractivity contribution in [1.29, 1.82) is 10.5 Å². The topological polar surface area (TPSA) is 74.4 Å². The van der Waals surface area contributed by atoms with Gasteiger partial charge in [-0.3, -0.25) is 4.79 Å². The van der Waals surface area contributed by atoms with Crippen LogP contribution in [0.5, 0.6) is 0 Å². The maximum absolute atomic E-state index is 13.6. The average Bonchev–Trinajstić information content (AvgIpc) is 3.13. The highest BCUT2D eigenvalue weighted by Gasteiger charge is 2.34. The highest BCUT2D eigenvalue weighted by atomic mass is 16.1. The molecule has 0 saturated carbocycles. The Morgan fingerprint density at radius 2 is 1.49 bits per heavy atom. The van der Waals surface area contributed by atoms with Crippen LogP contribution in [0.1, 0.15) is 35.7 Å². The second-order valence-electron chi connectivity index (χ2n) is 8.88. The molecule has 0 radical (unpaired) electrons. The van der Waals surface area contributed by atoms with E-state index in [1.54, 1.807) is 18.2 Å². The van der Waals surface area contributed by atoms with Gasteiger partial charge < -0.3 is 14.7 Å². The van der Waals surface area contributed by atoms with Crippen LogP contribution in [-0.4, -0.2) is 55.2 Å². The van der Waals surface area contributed by atoms with E-state index in [0.717, 1.165) is 30.8 Å². The number of nitriles is 2. The Kier molecular flexibility index (Phi) is 8.12. The first-order chi connectivity index (χ1) is 16.8. The fourth-order valence-electron chi connectivity index (χ4n) is 4.06. The highest BCUT2D eigenvalue weighted by Crippen LogP contribution is 2.42. The molecule has 35 heavy (non-hydrogen) atoms. The Morgan fingerprint density at radius 1 is 0.943 bits per heavy atom. The molecule has 178 valence electrons. The Bertz CT molecular complexity index is 1220. The van der Waals surface area contributed by atoms with Crippen LogP contribution in [-0.2, 0) is 0 Å². The molecule has 0 fully saturated rings. The van der Waals surface area contributed by atoms with Crippen LogP contribution in [0, 0.1) is 22.7 Å². The van der Waals surface area contributed by atoms with E-state index in [0.29, 0.717) is 27.8 Å². The predicted molar refractivity (Wildman–Crippen MR) is 139 cm³/mol. The molecule has 0 amide bonds. The first kappa shape index (κ1) is 25.3. The van der Waals surface area contributed by atoms with Gasteiger partial charge in [-0.25, -0.2) is 0 Å². The molecule has 1 heterocycles. The average molecular weight is 466 g/mol. The number of benzene rings is 1. The van der Waals surface area contributed by atoms with Crippen LogP contribution in [0.4, 0.5) is 0 Å². The summed E-state index contributed by atoms with van der Waals surface area (Å²) in [7, 11) is 7.84. The molecule has 6 heteroatoms. The molecular weight excluding hydrogens is 434 g/mol. The zero-order chi connectivity index (χ0) is 25.5. The largest absolute Gasteiger partial charge is 0.383 e. The van der Waals surface area contributed by atoms with Crippen molar-refractivity contribution >= 4 is 11.4 Å². The first-order valence-corrected chi connectivity index (χ1v) is 11.7. The number of unbranched alkanes of at least 4 members (excludes halogenated alkanes) is 1. The minimum absolute atomic E-state index is 0.0585. The Labute approximate surface area is 208 Å². The van der Waals surface area contributed by atoms with Gasteiger partial charge in [0.25, 0.3) is 0 Å². The summed E-state index contributed by atoms with van der Waals surface area (Å²) in [4.78, 5) is 19.8.